The number of thiocarbonyl (C=S) groups is 1. The lowest BCUT2D eigenvalue weighted by atomic mass is 10.0. The van der Waals surface area contributed by atoms with E-state index in [1.54, 1.807) is 11.1 Å². The first-order valence-corrected chi connectivity index (χ1v) is 14.3. The van der Waals surface area contributed by atoms with E-state index >= 15 is 0 Å². The van der Waals surface area contributed by atoms with Crippen molar-refractivity contribution < 1.29 is 22.7 Å². The smallest absolute Gasteiger partial charge is 0.406 e. The Bertz CT molecular complexity index is 1700. The van der Waals surface area contributed by atoms with E-state index in [4.69, 9.17) is 12.2 Å². The Morgan fingerprint density at radius 3 is 2.63 bits per heavy atom. The molecule has 1 aliphatic heterocycles. The van der Waals surface area contributed by atoms with E-state index in [9.17, 15) is 18.0 Å². The van der Waals surface area contributed by atoms with E-state index in [2.05, 4.69) is 44.2 Å². The maximum absolute atomic E-state index is 12.7. The van der Waals surface area contributed by atoms with Crippen molar-refractivity contribution in [1.29, 1.82) is 0 Å². The molecule has 0 spiro atoms. The molecule has 1 amide bonds. The van der Waals surface area contributed by atoms with E-state index in [1.807, 2.05) is 48.5 Å². The summed E-state index contributed by atoms with van der Waals surface area (Å²) in [7, 11) is 0. The molecule has 43 heavy (non-hydrogen) atoms. The molecule has 0 aliphatic carbocycles. The first-order chi connectivity index (χ1) is 20.6. The first-order valence-electron chi connectivity index (χ1n) is 12.9. The monoisotopic (exact) mass is 623 g/mol. The van der Waals surface area contributed by atoms with Crippen molar-refractivity contribution in [3.63, 3.8) is 0 Å². The molecule has 1 aliphatic rings. The molecule has 0 radical (unpaired) electrons. The number of anilines is 1. The van der Waals surface area contributed by atoms with Gasteiger partial charge in [0, 0.05) is 5.56 Å². The summed E-state index contributed by atoms with van der Waals surface area (Å²) in [5.41, 5.74) is 6.49. The number of aromatic nitrogens is 3. The van der Waals surface area contributed by atoms with Crippen molar-refractivity contribution in [3.05, 3.63) is 90.3 Å². The number of nitrogens with one attached hydrogen (secondary N) is 1. The lowest BCUT2D eigenvalue weighted by Gasteiger charge is -2.21. The topological polar surface area (TPSA) is 97.0 Å². The summed E-state index contributed by atoms with van der Waals surface area (Å²) in [6.45, 7) is 4.14. The molecule has 14 heteroatoms. The highest BCUT2D eigenvalue weighted by atomic mass is 32.2. The molecule has 1 saturated heterocycles. The molecule has 220 valence electrons. The number of amides is 1. The number of carbonyl (C=O) groups is 1. The number of thioether (sulfide) groups is 1. The van der Waals surface area contributed by atoms with Gasteiger partial charge in [-0.2, -0.15) is 10.1 Å². The van der Waals surface area contributed by atoms with Gasteiger partial charge in [0.05, 0.1) is 23.3 Å². The van der Waals surface area contributed by atoms with Crippen molar-refractivity contribution in [2.45, 2.75) is 26.1 Å². The molecule has 0 atom stereocenters. The number of benzene rings is 3. The zero-order valence-corrected chi connectivity index (χ0v) is 24.5. The van der Waals surface area contributed by atoms with Gasteiger partial charge < -0.3 is 4.74 Å². The molecular weight excluding hydrogens is 599 g/mol. The van der Waals surface area contributed by atoms with Crippen molar-refractivity contribution in [3.8, 4) is 22.8 Å². The van der Waals surface area contributed by atoms with Crippen LogP contribution in [0.5, 0.6) is 5.75 Å². The van der Waals surface area contributed by atoms with Gasteiger partial charge in [-0.3, -0.25) is 15.1 Å². The molecular formula is C29H24F3N7O2S2. The van der Waals surface area contributed by atoms with Crippen LogP contribution in [0.2, 0.25) is 0 Å². The van der Waals surface area contributed by atoms with Crippen LogP contribution in [0.3, 0.4) is 0 Å². The van der Waals surface area contributed by atoms with Gasteiger partial charge in [0.25, 0.3) is 0 Å². The number of nitrogens with zero attached hydrogens (tertiary/aromatic N) is 6. The number of hydrazone groups is 1. The average molecular weight is 624 g/mol. The fraction of sp³-hybridized carbons (Fsp3) is 0.172. The minimum atomic E-state index is -4.76. The Hall–Kier alpha value is -4.56. The minimum Gasteiger partial charge on any atom is -0.406 e. The fourth-order valence-electron chi connectivity index (χ4n) is 4.21. The predicted octanol–water partition coefficient (Wildman–Crippen LogP) is 6.30. The largest absolute Gasteiger partial charge is 0.573 e. The summed E-state index contributed by atoms with van der Waals surface area (Å²) < 4.78 is 42.6. The Kier molecular flexibility index (Phi) is 8.87. The van der Waals surface area contributed by atoms with Crippen LogP contribution in [-0.2, 0) is 4.79 Å². The number of aliphatic imine (C=N–C) groups is 1. The highest BCUT2D eigenvalue weighted by Crippen LogP contribution is 2.33. The number of rotatable bonds is 7. The number of hydrogen-bond donors (Lipinski definition) is 1. The molecule has 5 rings (SSSR count). The standard InChI is InChI=1S/C29H24F3N7O2S2/c1-18(2)23-8-3-4-9-24(23)39-25(40)16-43-28(39)35-27(42)36-34-15-19-6-5-7-20(14-19)26-33-17-38(37-26)21-10-12-22(13-11-21)41-29(30,31)32/h3-15,17-18H,16H2,1-2H3,(H,36,42)/b34-15+,35-28?. The number of alkyl halides is 3. The average Bonchev–Trinajstić information content (AvgIpc) is 3.60. The van der Waals surface area contributed by atoms with Gasteiger partial charge in [0.15, 0.2) is 11.0 Å². The van der Waals surface area contributed by atoms with Gasteiger partial charge >= 0.3 is 6.36 Å². The summed E-state index contributed by atoms with van der Waals surface area (Å²) in [4.78, 5) is 23.1. The molecule has 1 N–H and O–H groups in total. The Morgan fingerprint density at radius 2 is 1.88 bits per heavy atom. The highest BCUT2D eigenvalue weighted by Gasteiger charge is 2.32. The zero-order chi connectivity index (χ0) is 30.6. The number of carbonyl (C=O) groups excluding carboxylic acids is 1. The summed E-state index contributed by atoms with van der Waals surface area (Å²) >= 11 is 6.68. The van der Waals surface area contributed by atoms with Gasteiger partial charge in [-0.1, -0.05) is 62.0 Å². The quantitative estimate of drug-likeness (QED) is 0.147. The second kappa shape index (κ2) is 12.8. The van der Waals surface area contributed by atoms with Crippen LogP contribution in [0.15, 0.2) is 89.2 Å². The number of halogens is 3. The van der Waals surface area contributed by atoms with Gasteiger partial charge in [-0.05, 0) is 65.7 Å². The third-order valence-corrected chi connectivity index (χ3v) is 7.21. The summed E-state index contributed by atoms with van der Waals surface area (Å²) in [5.74, 6) is 0.505. The molecule has 1 aromatic heterocycles. The maximum atomic E-state index is 12.7. The lowest BCUT2D eigenvalue weighted by Crippen LogP contribution is -2.31. The Balaban J connectivity index is 1.25. The van der Waals surface area contributed by atoms with E-state index in [-0.39, 0.29) is 28.4 Å². The third kappa shape index (κ3) is 7.45. The van der Waals surface area contributed by atoms with Crippen molar-refractivity contribution >= 4 is 52.1 Å². The molecule has 0 unspecified atom stereocenters. The molecule has 9 nitrogen and oxygen atoms in total. The number of hydrogen-bond acceptors (Lipinski definition) is 7. The van der Waals surface area contributed by atoms with E-state index in [0.717, 1.165) is 16.8 Å². The first kappa shape index (κ1) is 29.9. The Labute approximate surface area is 254 Å². The van der Waals surface area contributed by atoms with Crippen molar-refractivity contribution in [1.82, 2.24) is 20.2 Å². The van der Waals surface area contributed by atoms with Crippen LogP contribution in [0.25, 0.3) is 17.1 Å². The van der Waals surface area contributed by atoms with Gasteiger partial charge in [0.1, 0.15) is 12.1 Å². The van der Waals surface area contributed by atoms with Crippen LogP contribution in [0, 0.1) is 0 Å². The third-order valence-electron chi connectivity index (χ3n) is 6.11. The predicted molar refractivity (Wildman–Crippen MR) is 165 cm³/mol. The second-order valence-corrected chi connectivity index (χ2v) is 10.8. The zero-order valence-electron chi connectivity index (χ0n) is 22.8. The maximum Gasteiger partial charge on any atom is 0.573 e. The van der Waals surface area contributed by atoms with Crippen LogP contribution in [-0.4, -0.2) is 49.3 Å². The molecule has 1 fully saturated rings. The summed E-state index contributed by atoms with van der Waals surface area (Å²) in [5, 5.41) is 9.20. The Morgan fingerprint density at radius 1 is 1.12 bits per heavy atom. The van der Waals surface area contributed by atoms with Gasteiger partial charge in [0.2, 0.25) is 11.0 Å². The van der Waals surface area contributed by atoms with E-state index in [1.165, 1.54) is 47.0 Å². The normalized spacial score (nSPS) is 14.7. The van der Waals surface area contributed by atoms with E-state index < -0.39 is 6.36 Å². The number of para-hydroxylation sites is 1. The van der Waals surface area contributed by atoms with Crippen molar-refractivity contribution in [2.75, 3.05) is 10.7 Å². The number of amidine groups is 1. The lowest BCUT2D eigenvalue weighted by molar-refractivity contribution is -0.274. The molecule has 2 heterocycles. The summed E-state index contributed by atoms with van der Waals surface area (Å²) in [6.07, 6.45) is -1.74. The van der Waals surface area contributed by atoms with Crippen LogP contribution in [0.1, 0.15) is 30.9 Å². The number of ether oxygens (including phenoxy) is 1. The molecule has 0 bridgehead atoms. The highest BCUT2D eigenvalue weighted by molar-refractivity contribution is 8.15. The van der Waals surface area contributed by atoms with Crippen LogP contribution in [0.4, 0.5) is 18.9 Å². The fourth-order valence-corrected chi connectivity index (χ4v) is 5.28. The second-order valence-electron chi connectivity index (χ2n) is 9.48. The van der Waals surface area contributed by atoms with Gasteiger partial charge in [-0.25, -0.2) is 9.67 Å². The minimum absolute atomic E-state index is 0.0662. The molecule has 3 aromatic carbocycles. The van der Waals surface area contributed by atoms with Crippen LogP contribution < -0.4 is 15.1 Å². The van der Waals surface area contributed by atoms with Crippen molar-refractivity contribution in [2.24, 2.45) is 10.1 Å². The SMILES string of the molecule is CC(C)c1ccccc1N1C(=O)CSC1=NC(=S)N/N=C/c1cccc(-c2ncn(-c3ccc(OC(F)(F)F)cc3)n2)c1. The molecule has 0 saturated carbocycles. The van der Waals surface area contributed by atoms with Crippen LogP contribution >= 0.6 is 24.0 Å². The van der Waals surface area contributed by atoms with Gasteiger partial charge in [-0.15, -0.1) is 18.3 Å². The summed E-state index contributed by atoms with van der Waals surface area (Å²) in [6, 6.07) is 20.3. The van der Waals surface area contributed by atoms with E-state index in [0.29, 0.717) is 22.2 Å². The molecule has 4 aromatic rings.